The van der Waals surface area contributed by atoms with Gasteiger partial charge in [0.25, 0.3) is 0 Å². The van der Waals surface area contributed by atoms with Crippen molar-refractivity contribution < 1.29 is 14.2 Å². The normalized spacial score (nSPS) is 24.2. The highest BCUT2D eigenvalue weighted by Gasteiger charge is 2.40. The Morgan fingerprint density at radius 2 is 1.05 bits per heavy atom. The lowest BCUT2D eigenvalue weighted by Gasteiger charge is -2.12. The van der Waals surface area contributed by atoms with Crippen molar-refractivity contribution in [1.29, 1.82) is 0 Å². The molecule has 4 aromatic carbocycles. The van der Waals surface area contributed by atoms with E-state index >= 15 is 0 Å². The van der Waals surface area contributed by atoms with Crippen molar-refractivity contribution in [2.24, 2.45) is 9.98 Å². The van der Waals surface area contributed by atoms with Crippen molar-refractivity contribution >= 4 is 11.8 Å². The van der Waals surface area contributed by atoms with Gasteiger partial charge in [-0.15, -0.1) is 0 Å². The van der Waals surface area contributed by atoms with Crippen LogP contribution in [-0.4, -0.2) is 24.0 Å². The summed E-state index contributed by atoms with van der Waals surface area (Å²) in [7, 11) is 0. The second-order valence-electron chi connectivity index (χ2n) is 10.0. The van der Waals surface area contributed by atoms with Gasteiger partial charge in [-0.2, -0.15) is 0 Å². The quantitative estimate of drug-likeness (QED) is 0.338. The molecule has 2 aliphatic carbocycles. The summed E-state index contributed by atoms with van der Waals surface area (Å²) < 4.78 is 18.8. The molecule has 5 heteroatoms. The minimum atomic E-state index is 0.0751. The summed E-state index contributed by atoms with van der Waals surface area (Å²) in [5.41, 5.74) is 7.07. The number of benzene rings is 4. The lowest BCUT2D eigenvalue weighted by molar-refractivity contribution is 0.206. The average molecular weight is 485 g/mol. The molecule has 4 aliphatic rings. The molecule has 0 N–H and O–H groups in total. The summed E-state index contributed by atoms with van der Waals surface area (Å²) in [4.78, 5) is 9.85. The highest BCUT2D eigenvalue weighted by atomic mass is 16.5. The lowest BCUT2D eigenvalue weighted by Crippen LogP contribution is -2.13. The van der Waals surface area contributed by atoms with Crippen molar-refractivity contribution in [2.45, 2.75) is 37.1 Å². The predicted molar refractivity (Wildman–Crippen MR) is 142 cm³/mol. The summed E-state index contributed by atoms with van der Waals surface area (Å²) in [5, 5.41) is 0. The fourth-order valence-corrected chi connectivity index (χ4v) is 6.00. The van der Waals surface area contributed by atoms with Crippen LogP contribution in [-0.2, 0) is 22.3 Å². The zero-order valence-electron chi connectivity index (χ0n) is 20.1. The second kappa shape index (κ2) is 8.07. The van der Waals surface area contributed by atoms with Crippen molar-refractivity contribution in [2.75, 3.05) is 0 Å². The minimum Gasteiger partial charge on any atom is -0.471 e. The van der Waals surface area contributed by atoms with E-state index in [9.17, 15) is 0 Å². The van der Waals surface area contributed by atoms with Gasteiger partial charge in [-0.25, -0.2) is 9.98 Å². The van der Waals surface area contributed by atoms with Gasteiger partial charge in [0.1, 0.15) is 35.8 Å². The van der Waals surface area contributed by atoms with E-state index < -0.39 is 0 Å². The van der Waals surface area contributed by atoms with Crippen LogP contribution in [0.25, 0.3) is 0 Å². The van der Waals surface area contributed by atoms with Crippen molar-refractivity contribution in [3.05, 3.63) is 130 Å². The maximum Gasteiger partial charge on any atom is 0.217 e. The van der Waals surface area contributed by atoms with Crippen LogP contribution < -0.4 is 4.74 Å². The zero-order valence-corrected chi connectivity index (χ0v) is 20.1. The molecular formula is C32H24N2O3. The molecule has 37 heavy (non-hydrogen) atoms. The van der Waals surface area contributed by atoms with E-state index in [1.54, 1.807) is 0 Å². The average Bonchev–Trinajstić information content (AvgIpc) is 3.68. The summed E-state index contributed by atoms with van der Waals surface area (Å²) in [6.45, 7) is 0. The van der Waals surface area contributed by atoms with Crippen molar-refractivity contribution in [3.63, 3.8) is 0 Å². The molecule has 5 nitrogen and oxygen atoms in total. The maximum absolute atomic E-state index is 6.27. The standard InChI is InChI=1S/C32H24N2O3/c1-3-13-25-19(7-1)17-27-29(25)33-31(36-27)21-9-5-11-23(15-21)35-24-12-6-10-22(16-24)32-34-30-26-14-4-2-8-20(26)18-28(30)37-32/h1-16,27-30H,17-18H2/t27-,28-,29+,30+/m0/s1. The summed E-state index contributed by atoms with van der Waals surface area (Å²) >= 11 is 0. The third-order valence-electron chi connectivity index (χ3n) is 7.73. The van der Waals surface area contributed by atoms with Crippen LogP contribution >= 0.6 is 0 Å². The van der Waals surface area contributed by atoms with Gasteiger partial charge in [0.05, 0.1) is 0 Å². The number of nitrogens with zero attached hydrogens (tertiary/aromatic N) is 2. The van der Waals surface area contributed by atoms with E-state index in [-0.39, 0.29) is 24.3 Å². The smallest absolute Gasteiger partial charge is 0.217 e. The first-order valence-electron chi connectivity index (χ1n) is 12.8. The van der Waals surface area contributed by atoms with Gasteiger partial charge in [-0.1, -0.05) is 60.7 Å². The summed E-state index contributed by atoms with van der Waals surface area (Å²) in [6, 6.07) is 33.0. The molecule has 2 aliphatic heterocycles. The van der Waals surface area contributed by atoms with Crippen molar-refractivity contribution in [1.82, 2.24) is 0 Å². The van der Waals surface area contributed by atoms with E-state index in [0.29, 0.717) is 11.8 Å². The van der Waals surface area contributed by atoms with Gasteiger partial charge < -0.3 is 14.2 Å². The van der Waals surface area contributed by atoms with E-state index in [1.807, 2.05) is 48.5 Å². The Morgan fingerprint density at radius 1 is 0.568 bits per heavy atom. The Kier molecular flexibility index (Phi) is 4.53. The van der Waals surface area contributed by atoms with E-state index in [2.05, 4.69) is 48.5 Å². The Bertz CT molecular complexity index is 1490. The molecule has 8 rings (SSSR count). The number of hydrogen-bond donors (Lipinski definition) is 0. The second-order valence-corrected chi connectivity index (χ2v) is 10.0. The number of fused-ring (bicyclic) bond motifs is 6. The Labute approximate surface area is 215 Å². The van der Waals surface area contributed by atoms with Crippen LogP contribution in [0.3, 0.4) is 0 Å². The van der Waals surface area contributed by atoms with Crippen LogP contribution in [0, 0.1) is 0 Å². The topological polar surface area (TPSA) is 52.4 Å². The molecule has 4 aromatic rings. The largest absolute Gasteiger partial charge is 0.471 e. The highest BCUT2D eigenvalue weighted by Crippen LogP contribution is 2.42. The molecule has 0 saturated heterocycles. The summed E-state index contributed by atoms with van der Waals surface area (Å²) in [6.07, 6.45) is 1.95. The SMILES string of the molecule is c1cc(Oc2cccc(C3=N[C@@H]4c5ccccc5C[C@@H]4O3)c2)cc(C2=N[C@@H]3c4ccccc4C[C@@H]3O2)c1. The van der Waals surface area contributed by atoms with E-state index in [4.69, 9.17) is 24.2 Å². The van der Waals surface area contributed by atoms with Gasteiger partial charge in [0, 0.05) is 24.0 Å². The molecular weight excluding hydrogens is 460 g/mol. The molecule has 0 amide bonds. The molecule has 0 radical (unpaired) electrons. The number of ether oxygens (including phenoxy) is 3. The van der Waals surface area contributed by atoms with E-state index in [0.717, 1.165) is 35.5 Å². The van der Waals surface area contributed by atoms with Gasteiger partial charge in [0.2, 0.25) is 11.8 Å². The fourth-order valence-electron chi connectivity index (χ4n) is 6.00. The van der Waals surface area contributed by atoms with E-state index in [1.165, 1.54) is 22.3 Å². The molecule has 4 atom stereocenters. The maximum atomic E-state index is 6.27. The predicted octanol–water partition coefficient (Wildman–Crippen LogP) is 6.36. The first kappa shape index (κ1) is 20.8. The monoisotopic (exact) mass is 484 g/mol. The fraction of sp³-hybridized carbons (Fsp3) is 0.188. The molecule has 0 fully saturated rings. The Hall–Kier alpha value is -4.38. The molecule has 0 unspecified atom stereocenters. The molecule has 0 aromatic heterocycles. The van der Waals surface area contributed by atoms with Gasteiger partial charge in [-0.05, 0) is 58.7 Å². The highest BCUT2D eigenvalue weighted by molar-refractivity contribution is 5.97. The number of hydrogen-bond acceptors (Lipinski definition) is 5. The molecule has 0 saturated carbocycles. The molecule has 0 bridgehead atoms. The van der Waals surface area contributed by atoms with Gasteiger partial charge in [-0.3, -0.25) is 0 Å². The minimum absolute atomic E-state index is 0.0751. The molecule has 2 heterocycles. The molecule has 0 spiro atoms. The third kappa shape index (κ3) is 3.45. The van der Waals surface area contributed by atoms with Crippen LogP contribution in [0.5, 0.6) is 11.5 Å². The lowest BCUT2D eigenvalue weighted by atomic mass is 10.1. The van der Waals surface area contributed by atoms with Crippen LogP contribution in [0.4, 0.5) is 0 Å². The van der Waals surface area contributed by atoms with Crippen LogP contribution in [0.1, 0.15) is 45.5 Å². The van der Waals surface area contributed by atoms with Crippen molar-refractivity contribution in [3.8, 4) is 11.5 Å². The Balaban J connectivity index is 1.03. The van der Waals surface area contributed by atoms with Crippen LogP contribution in [0.2, 0.25) is 0 Å². The third-order valence-corrected chi connectivity index (χ3v) is 7.73. The summed E-state index contributed by atoms with van der Waals surface area (Å²) in [5.74, 6) is 2.84. The molecule has 180 valence electrons. The zero-order chi connectivity index (χ0) is 24.3. The number of rotatable bonds is 4. The first-order chi connectivity index (χ1) is 18.3. The first-order valence-corrected chi connectivity index (χ1v) is 12.8. The Morgan fingerprint density at radius 3 is 1.57 bits per heavy atom. The number of aliphatic imine (C=N–C) groups is 2. The van der Waals surface area contributed by atoms with Gasteiger partial charge >= 0.3 is 0 Å². The van der Waals surface area contributed by atoms with Gasteiger partial charge in [0.15, 0.2) is 0 Å². The van der Waals surface area contributed by atoms with Crippen LogP contribution in [0.15, 0.2) is 107 Å².